The highest BCUT2D eigenvalue weighted by atomic mass is 15.2. The second-order valence-electron chi connectivity index (χ2n) is 49.9. The van der Waals surface area contributed by atoms with Gasteiger partial charge in [0.2, 0.25) is 0 Å². The molecule has 0 radical (unpaired) electrons. The molecule has 102 heavy (non-hydrogen) atoms. The van der Waals surface area contributed by atoms with Gasteiger partial charge in [0.05, 0.1) is 0 Å². The molecular weight excluding hydrogens is 1230 g/mol. The maximum absolute atomic E-state index is 3.96. The quantitative estimate of drug-likeness (QED) is 0.163. The van der Waals surface area contributed by atoms with Crippen molar-refractivity contribution < 1.29 is 0 Å². The van der Waals surface area contributed by atoms with E-state index < -0.39 is 0 Å². The van der Waals surface area contributed by atoms with Crippen LogP contribution < -0.4 is 0 Å². The Morgan fingerprint density at radius 1 is 0.343 bits per heavy atom. The lowest BCUT2D eigenvalue weighted by Gasteiger charge is -2.47. The Kier molecular flexibility index (Phi) is 47.0. The van der Waals surface area contributed by atoms with Gasteiger partial charge in [-0.1, -0.05) is 426 Å². The molecule has 1 unspecified atom stereocenters. The van der Waals surface area contributed by atoms with Crippen LogP contribution in [0.15, 0.2) is 97.3 Å². The van der Waals surface area contributed by atoms with Gasteiger partial charge in [-0.25, -0.2) is 0 Å². The molecule has 1 saturated carbocycles. The van der Waals surface area contributed by atoms with Gasteiger partial charge in [0, 0.05) is 30.5 Å². The molecule has 3 aliphatic rings. The van der Waals surface area contributed by atoms with Crippen molar-refractivity contribution in [2.45, 2.75) is 427 Å². The number of hydrogen-bond donors (Lipinski definition) is 0. The lowest BCUT2D eigenvalue weighted by Crippen LogP contribution is -2.53. The molecule has 1 aliphatic heterocycles. The molecule has 0 N–H and O–H groups in total. The van der Waals surface area contributed by atoms with E-state index in [0.29, 0.717) is 76.4 Å². The molecule has 2 heteroatoms. The van der Waals surface area contributed by atoms with Crippen molar-refractivity contribution in [3.63, 3.8) is 0 Å². The van der Waals surface area contributed by atoms with Crippen molar-refractivity contribution in [2.24, 2.45) is 70.9 Å². The third-order valence-electron chi connectivity index (χ3n) is 13.9. The van der Waals surface area contributed by atoms with Crippen molar-refractivity contribution >= 4 is 10.8 Å². The standard InChI is InChI=1S/C14H16.C13H25N.C13H18.C11H22.C9H13N.8C5H12/c1-14(2,3)13-10-6-8-11-7-4-5-9-12(11)13;1-12(2,3)11-9-7-8-10-14(11)13(4,5)6;1-13(2,3)12-9-5-7-10-6-4-8-11(10)12;1-9(2,3)8-10(4,5)11(8,6)7;1-9(2,3)8-4-6-10-7-5-8;8*1-5(2,3)4/h4-10H,1-3H3;7,9,11H,8,10H2,1-6H3;5,7,9H,4,6,8H2,1-3H3;8H,1-7H3;4-7H,1-3H3;8*1-4H3. The second kappa shape index (κ2) is 43.7. The molecule has 0 amide bonds. The molecule has 4 aromatic rings. The Bertz CT molecular complexity index is 2580. The van der Waals surface area contributed by atoms with E-state index >= 15 is 0 Å². The number of rotatable bonds is 0. The van der Waals surface area contributed by atoms with Crippen molar-refractivity contribution in [3.8, 4) is 0 Å². The minimum absolute atomic E-state index is 0.223. The van der Waals surface area contributed by atoms with Gasteiger partial charge in [-0.15, -0.1) is 0 Å². The highest BCUT2D eigenvalue weighted by Gasteiger charge is 2.68. The fourth-order valence-corrected chi connectivity index (χ4v) is 10.6. The van der Waals surface area contributed by atoms with Gasteiger partial charge in [-0.3, -0.25) is 9.88 Å². The minimum Gasteiger partial charge on any atom is -0.291 e. The second-order valence-corrected chi connectivity index (χ2v) is 49.9. The molecule has 0 spiro atoms. The summed E-state index contributed by atoms with van der Waals surface area (Å²) >= 11 is 0. The van der Waals surface area contributed by atoms with Crippen molar-refractivity contribution in [1.82, 2.24) is 9.88 Å². The molecule has 2 heterocycles. The number of nitrogens with zero attached hydrogens (tertiary/aromatic N) is 2. The van der Waals surface area contributed by atoms with Gasteiger partial charge >= 0.3 is 0 Å². The van der Waals surface area contributed by atoms with Gasteiger partial charge in [0.25, 0.3) is 0 Å². The van der Waals surface area contributed by atoms with Crippen LogP contribution in [-0.2, 0) is 29.1 Å². The predicted octanol–water partition coefficient (Wildman–Crippen LogP) is 33.6. The summed E-state index contributed by atoms with van der Waals surface area (Å²) in [6.07, 6.45) is 13.5. The van der Waals surface area contributed by atoms with Gasteiger partial charge in [0.15, 0.2) is 0 Å². The molecule has 0 bridgehead atoms. The number of hydrogen-bond acceptors (Lipinski definition) is 2. The molecule has 0 saturated heterocycles. The molecule has 1 fully saturated rings. The summed E-state index contributed by atoms with van der Waals surface area (Å²) in [5.74, 6) is 0.877. The Hall–Kier alpha value is -3.23. The fourth-order valence-electron chi connectivity index (χ4n) is 10.6. The van der Waals surface area contributed by atoms with Crippen LogP contribution in [0.1, 0.15) is 415 Å². The van der Waals surface area contributed by atoms with E-state index in [4.69, 9.17) is 0 Å². The molecule has 3 aromatic carbocycles. The number of pyridine rings is 1. The topological polar surface area (TPSA) is 16.1 Å². The van der Waals surface area contributed by atoms with E-state index in [1.165, 1.54) is 54.1 Å². The summed E-state index contributed by atoms with van der Waals surface area (Å²) in [5.41, 5.74) is 14.5. The van der Waals surface area contributed by atoms with Crippen LogP contribution in [-0.4, -0.2) is 28.0 Å². The van der Waals surface area contributed by atoms with Crippen LogP contribution in [0.4, 0.5) is 0 Å². The van der Waals surface area contributed by atoms with Crippen molar-refractivity contribution in [2.75, 3.05) is 6.54 Å². The summed E-state index contributed by atoms with van der Waals surface area (Å²) in [6, 6.07) is 26.6. The Morgan fingerprint density at radius 3 is 0.922 bits per heavy atom. The van der Waals surface area contributed by atoms with Gasteiger partial charge in [0.1, 0.15) is 0 Å². The van der Waals surface area contributed by atoms with E-state index in [0.717, 1.165) is 5.92 Å². The minimum atomic E-state index is 0.223. The Balaban J connectivity index is -0.000000251. The van der Waals surface area contributed by atoms with Crippen LogP contribution in [0.2, 0.25) is 0 Å². The summed E-state index contributed by atoms with van der Waals surface area (Å²) in [5, 5.41) is 2.71. The van der Waals surface area contributed by atoms with E-state index in [1.807, 2.05) is 12.4 Å². The smallest absolute Gasteiger partial charge is 0.0332 e. The first-order valence-corrected chi connectivity index (χ1v) is 40.1. The molecule has 7 rings (SSSR count). The zero-order chi connectivity index (χ0) is 83.3. The fraction of sp³-hybridized carbons (Fsp3) is 0.770. The number of benzene rings is 3. The average molecular weight is 1420 g/mol. The van der Waals surface area contributed by atoms with Crippen LogP contribution >= 0.6 is 0 Å². The van der Waals surface area contributed by atoms with E-state index in [9.17, 15) is 0 Å². The third kappa shape index (κ3) is 71.0. The molecule has 1 atom stereocenters. The van der Waals surface area contributed by atoms with Crippen molar-refractivity contribution in [3.05, 3.63) is 125 Å². The predicted molar refractivity (Wildman–Crippen MR) is 478 cm³/mol. The third-order valence-corrected chi connectivity index (χ3v) is 13.9. The maximum atomic E-state index is 3.96. The molecule has 1 aromatic heterocycles. The number of aryl methyl sites for hydroxylation is 1. The summed E-state index contributed by atoms with van der Waals surface area (Å²) < 4.78 is 0. The lowest BCUT2D eigenvalue weighted by atomic mass is 9.81. The highest BCUT2D eigenvalue weighted by Crippen LogP contribution is 2.74. The van der Waals surface area contributed by atoms with E-state index in [1.54, 1.807) is 16.7 Å². The molecule has 600 valence electrons. The lowest BCUT2D eigenvalue weighted by molar-refractivity contribution is 0.0444. The van der Waals surface area contributed by atoms with Gasteiger partial charge in [-0.2, -0.15) is 0 Å². The highest BCUT2D eigenvalue weighted by molar-refractivity contribution is 5.86. The molecular formula is C100H190N2. The van der Waals surface area contributed by atoms with Crippen LogP contribution in [0.3, 0.4) is 0 Å². The van der Waals surface area contributed by atoms with Gasteiger partial charge in [-0.05, 0) is 184 Å². The first-order chi connectivity index (χ1) is 44.1. The molecule has 2 nitrogen and oxygen atoms in total. The first kappa shape index (κ1) is 110. The Labute approximate surface area is 646 Å². The summed E-state index contributed by atoms with van der Waals surface area (Å²) in [7, 11) is 0. The van der Waals surface area contributed by atoms with Crippen LogP contribution in [0.25, 0.3) is 10.8 Å². The normalized spacial score (nSPS) is 16.1. The first-order valence-electron chi connectivity index (χ1n) is 40.1. The zero-order valence-corrected chi connectivity index (χ0v) is 80.3. The number of aromatic nitrogens is 1. The number of fused-ring (bicyclic) bond motifs is 2. The Morgan fingerprint density at radius 2 is 0.657 bits per heavy atom. The maximum Gasteiger partial charge on any atom is 0.0332 e. The van der Waals surface area contributed by atoms with Crippen molar-refractivity contribution in [1.29, 1.82) is 0 Å². The van der Waals surface area contributed by atoms with E-state index in [-0.39, 0.29) is 16.4 Å². The zero-order valence-electron chi connectivity index (χ0n) is 80.3. The average Bonchev–Trinajstić information content (AvgIpc) is 1.52. The van der Waals surface area contributed by atoms with E-state index in [2.05, 4.69) is 469 Å². The SMILES string of the molecule is CC(C)(C)C.CC(C)(C)C.CC(C)(C)C.CC(C)(C)C.CC(C)(C)C.CC(C)(C)C.CC(C)(C)C.CC(C)(C)C.CC(C)(C)C1C(C)(C)C1(C)C.CC(C)(C)C1C=CCCN1C(C)(C)C.CC(C)(C)c1cccc2c1CCC2.CC(C)(C)c1cccc2ccccc12.CC(C)(C)c1ccncc1. The van der Waals surface area contributed by atoms with Gasteiger partial charge < -0.3 is 0 Å². The largest absolute Gasteiger partial charge is 0.291 e. The summed E-state index contributed by atoms with van der Waals surface area (Å²) in [4.78, 5) is 6.58. The summed E-state index contributed by atoms with van der Waals surface area (Å²) in [6.45, 7) is 122. The van der Waals surface area contributed by atoms with Crippen LogP contribution in [0.5, 0.6) is 0 Å². The van der Waals surface area contributed by atoms with Crippen LogP contribution in [0, 0.1) is 70.9 Å². The molecule has 2 aliphatic carbocycles. The monoisotopic (exact) mass is 1420 g/mol.